The van der Waals surface area contributed by atoms with E-state index in [1.807, 2.05) is 25.1 Å². The summed E-state index contributed by atoms with van der Waals surface area (Å²) in [4.78, 5) is 12.0. The first-order valence-corrected chi connectivity index (χ1v) is 6.60. The van der Waals surface area contributed by atoms with E-state index in [-0.39, 0.29) is 11.7 Å². The molecule has 1 N–H and O–H groups in total. The Morgan fingerprint density at radius 2 is 1.79 bits per heavy atom. The van der Waals surface area contributed by atoms with Gasteiger partial charge in [-0.3, -0.25) is 4.79 Å². The Balaban J connectivity index is 2.20. The second-order valence-electron chi connectivity index (χ2n) is 4.38. The monoisotopic (exact) mass is 321 g/mol. The fraction of sp³-hybridized carbons (Fsp3) is 0.133. The zero-order chi connectivity index (χ0) is 14.0. The predicted octanol–water partition coefficient (Wildman–Crippen LogP) is 4.46. The van der Waals surface area contributed by atoms with Gasteiger partial charge in [-0.1, -0.05) is 28.1 Å². The lowest BCUT2D eigenvalue weighted by Crippen LogP contribution is -2.12. The molecule has 4 heteroatoms. The number of amides is 1. The molecule has 0 heterocycles. The van der Waals surface area contributed by atoms with Crippen LogP contribution in [0.3, 0.4) is 0 Å². The van der Waals surface area contributed by atoms with E-state index in [1.165, 1.54) is 6.07 Å². The molecule has 19 heavy (non-hydrogen) atoms. The van der Waals surface area contributed by atoms with Gasteiger partial charge in [0.2, 0.25) is 0 Å². The summed E-state index contributed by atoms with van der Waals surface area (Å²) in [5, 5.41) is 2.74. The maximum atomic E-state index is 13.4. The van der Waals surface area contributed by atoms with Crippen LogP contribution < -0.4 is 5.32 Å². The molecular weight excluding hydrogens is 309 g/mol. The topological polar surface area (TPSA) is 29.1 Å². The number of halogens is 2. The van der Waals surface area contributed by atoms with Crippen molar-refractivity contribution in [1.29, 1.82) is 0 Å². The number of rotatable bonds is 2. The van der Waals surface area contributed by atoms with E-state index in [9.17, 15) is 9.18 Å². The Morgan fingerprint density at radius 3 is 2.42 bits per heavy atom. The summed E-state index contributed by atoms with van der Waals surface area (Å²) in [6.07, 6.45) is 0. The zero-order valence-electron chi connectivity index (χ0n) is 10.6. The lowest BCUT2D eigenvalue weighted by atomic mass is 10.1. The van der Waals surface area contributed by atoms with Crippen molar-refractivity contribution < 1.29 is 9.18 Å². The Bertz CT molecular complexity index is 640. The van der Waals surface area contributed by atoms with Crippen LogP contribution in [0.5, 0.6) is 0 Å². The molecule has 0 atom stereocenters. The highest BCUT2D eigenvalue weighted by atomic mass is 79.9. The molecule has 2 nitrogen and oxygen atoms in total. The van der Waals surface area contributed by atoms with Crippen molar-refractivity contribution >= 4 is 27.5 Å². The van der Waals surface area contributed by atoms with Gasteiger partial charge in [-0.05, 0) is 49.2 Å². The molecule has 0 bridgehead atoms. The van der Waals surface area contributed by atoms with Crippen molar-refractivity contribution in [3.05, 3.63) is 63.4 Å². The smallest absolute Gasteiger partial charge is 0.255 e. The molecule has 2 rings (SSSR count). The fourth-order valence-electron chi connectivity index (χ4n) is 1.61. The molecule has 0 saturated heterocycles. The summed E-state index contributed by atoms with van der Waals surface area (Å²) < 4.78 is 14.3. The number of anilines is 1. The number of carbonyl (C=O) groups is 1. The second kappa shape index (κ2) is 5.53. The van der Waals surface area contributed by atoms with Crippen LogP contribution in [0.2, 0.25) is 0 Å². The highest BCUT2D eigenvalue weighted by Crippen LogP contribution is 2.21. The van der Waals surface area contributed by atoms with Crippen LogP contribution in [0.1, 0.15) is 21.5 Å². The van der Waals surface area contributed by atoms with Gasteiger partial charge in [0.25, 0.3) is 5.91 Å². The summed E-state index contributed by atoms with van der Waals surface area (Å²) in [5.74, 6) is -0.701. The second-order valence-corrected chi connectivity index (χ2v) is 5.24. The minimum absolute atomic E-state index is 0.305. The van der Waals surface area contributed by atoms with E-state index in [0.29, 0.717) is 16.8 Å². The van der Waals surface area contributed by atoms with Crippen LogP contribution in [0.15, 0.2) is 40.9 Å². The molecule has 0 radical (unpaired) electrons. The summed E-state index contributed by atoms with van der Waals surface area (Å²) in [6.45, 7) is 3.62. The van der Waals surface area contributed by atoms with Crippen LogP contribution in [-0.2, 0) is 0 Å². The van der Waals surface area contributed by atoms with Crippen LogP contribution >= 0.6 is 15.9 Å². The molecule has 0 saturated carbocycles. The highest BCUT2D eigenvalue weighted by Gasteiger charge is 2.09. The zero-order valence-corrected chi connectivity index (χ0v) is 12.2. The van der Waals surface area contributed by atoms with E-state index in [1.54, 1.807) is 19.1 Å². The maximum Gasteiger partial charge on any atom is 0.255 e. The van der Waals surface area contributed by atoms with Crippen LogP contribution in [0, 0.1) is 19.7 Å². The summed E-state index contributed by atoms with van der Waals surface area (Å²) in [5.41, 5.74) is 2.58. The first-order chi connectivity index (χ1) is 8.97. The minimum Gasteiger partial charge on any atom is -0.322 e. The highest BCUT2D eigenvalue weighted by molar-refractivity contribution is 9.10. The molecular formula is C15H13BrFNO. The van der Waals surface area contributed by atoms with Crippen molar-refractivity contribution in [2.24, 2.45) is 0 Å². The number of hydrogen-bond donors (Lipinski definition) is 1. The van der Waals surface area contributed by atoms with Crippen molar-refractivity contribution in [3.63, 3.8) is 0 Å². The van der Waals surface area contributed by atoms with Gasteiger partial charge in [0, 0.05) is 15.7 Å². The van der Waals surface area contributed by atoms with Gasteiger partial charge in [-0.15, -0.1) is 0 Å². The quantitative estimate of drug-likeness (QED) is 0.869. The largest absolute Gasteiger partial charge is 0.322 e. The van der Waals surface area contributed by atoms with Gasteiger partial charge in [0.05, 0.1) is 0 Å². The average Bonchev–Trinajstić information content (AvgIpc) is 2.37. The number of aryl methyl sites for hydroxylation is 2. The van der Waals surface area contributed by atoms with E-state index >= 15 is 0 Å². The molecule has 0 aliphatic heterocycles. The summed E-state index contributed by atoms with van der Waals surface area (Å²) in [7, 11) is 0. The third-order valence-electron chi connectivity index (χ3n) is 2.86. The maximum absolute atomic E-state index is 13.4. The van der Waals surface area contributed by atoms with E-state index < -0.39 is 0 Å². The van der Waals surface area contributed by atoms with E-state index in [4.69, 9.17) is 0 Å². The van der Waals surface area contributed by atoms with Crippen molar-refractivity contribution in [2.45, 2.75) is 13.8 Å². The van der Waals surface area contributed by atoms with Gasteiger partial charge in [-0.25, -0.2) is 4.39 Å². The molecule has 0 aliphatic carbocycles. The Kier molecular flexibility index (Phi) is 4.00. The first kappa shape index (κ1) is 13.7. The number of nitrogens with one attached hydrogen (secondary N) is 1. The van der Waals surface area contributed by atoms with Gasteiger partial charge >= 0.3 is 0 Å². The lowest BCUT2D eigenvalue weighted by Gasteiger charge is -2.07. The van der Waals surface area contributed by atoms with Crippen molar-refractivity contribution in [2.75, 3.05) is 5.32 Å². The summed E-state index contributed by atoms with van der Waals surface area (Å²) in [6, 6.07) is 9.97. The Hall–Kier alpha value is -1.68. The molecule has 98 valence electrons. The van der Waals surface area contributed by atoms with Gasteiger partial charge < -0.3 is 5.32 Å². The lowest BCUT2D eigenvalue weighted by molar-refractivity contribution is 0.102. The molecule has 1 amide bonds. The normalized spacial score (nSPS) is 10.3. The minimum atomic E-state index is -0.377. The SMILES string of the molecule is Cc1ccc(C(=O)Nc2ccc(C)c(Br)c2)cc1F. The first-order valence-electron chi connectivity index (χ1n) is 5.81. The van der Waals surface area contributed by atoms with E-state index in [2.05, 4.69) is 21.2 Å². The molecule has 2 aromatic carbocycles. The Morgan fingerprint density at radius 1 is 1.11 bits per heavy atom. The number of hydrogen-bond acceptors (Lipinski definition) is 1. The van der Waals surface area contributed by atoms with Gasteiger partial charge in [0.15, 0.2) is 0 Å². The van der Waals surface area contributed by atoms with E-state index in [0.717, 1.165) is 10.0 Å². The average molecular weight is 322 g/mol. The molecule has 2 aromatic rings. The third-order valence-corrected chi connectivity index (χ3v) is 3.72. The predicted molar refractivity (Wildman–Crippen MR) is 78.0 cm³/mol. The molecule has 0 spiro atoms. The third kappa shape index (κ3) is 3.20. The van der Waals surface area contributed by atoms with Gasteiger partial charge in [-0.2, -0.15) is 0 Å². The Labute approximate surface area is 119 Å². The molecule has 0 fully saturated rings. The van der Waals surface area contributed by atoms with Crippen LogP contribution in [0.25, 0.3) is 0 Å². The van der Waals surface area contributed by atoms with Gasteiger partial charge in [0.1, 0.15) is 5.82 Å². The fourth-order valence-corrected chi connectivity index (χ4v) is 1.99. The van der Waals surface area contributed by atoms with Crippen LogP contribution in [-0.4, -0.2) is 5.91 Å². The van der Waals surface area contributed by atoms with Crippen molar-refractivity contribution in [3.8, 4) is 0 Å². The number of carbonyl (C=O) groups excluding carboxylic acids is 1. The van der Waals surface area contributed by atoms with Crippen molar-refractivity contribution in [1.82, 2.24) is 0 Å². The summed E-state index contributed by atoms with van der Waals surface area (Å²) >= 11 is 3.40. The molecule has 0 aromatic heterocycles. The van der Waals surface area contributed by atoms with Crippen LogP contribution in [0.4, 0.5) is 10.1 Å². The standard InChI is InChI=1S/C15H13BrFNO/c1-9-4-6-12(8-13(9)16)18-15(19)11-5-3-10(2)14(17)7-11/h3-8H,1-2H3,(H,18,19). The molecule has 0 unspecified atom stereocenters. The molecule has 0 aliphatic rings. The number of benzene rings is 2.